The molecule has 0 atom stereocenters. The minimum Gasteiger partial charge on any atom is -0.282 e. The Balaban J connectivity index is 2.03. The van der Waals surface area contributed by atoms with E-state index in [4.69, 9.17) is 0 Å². The third-order valence-corrected chi connectivity index (χ3v) is 2.78. The number of hydrogen-bond acceptors (Lipinski definition) is 4. The summed E-state index contributed by atoms with van der Waals surface area (Å²) in [6.45, 7) is 1.88. The highest BCUT2D eigenvalue weighted by Gasteiger charge is 2.14. The molecule has 0 saturated carbocycles. The molecule has 2 aromatic rings. The number of carbonyl (C=O) groups is 1. The van der Waals surface area contributed by atoms with Crippen LogP contribution in [0.3, 0.4) is 0 Å². The summed E-state index contributed by atoms with van der Waals surface area (Å²) in [7, 11) is 1.68. The van der Waals surface area contributed by atoms with E-state index in [-0.39, 0.29) is 5.91 Å². The number of H-pyrrole nitrogens is 1. The Morgan fingerprint density at radius 2 is 2.44 bits per heavy atom. The number of hydrazone groups is 1. The van der Waals surface area contributed by atoms with Gasteiger partial charge in [-0.3, -0.25) is 14.6 Å². The van der Waals surface area contributed by atoms with E-state index in [0.29, 0.717) is 15.9 Å². The Morgan fingerprint density at radius 1 is 1.67 bits per heavy atom. The zero-order valence-electron chi connectivity index (χ0n) is 9.81. The lowest BCUT2D eigenvalue weighted by Crippen LogP contribution is -2.21. The number of hydrogen-bond donors (Lipinski definition) is 2. The van der Waals surface area contributed by atoms with Crippen molar-refractivity contribution in [3.8, 4) is 0 Å². The van der Waals surface area contributed by atoms with Gasteiger partial charge >= 0.3 is 0 Å². The van der Waals surface area contributed by atoms with E-state index in [9.17, 15) is 4.79 Å². The monoisotopic (exact) mass is 310 g/mol. The van der Waals surface area contributed by atoms with Crippen LogP contribution >= 0.6 is 15.9 Å². The second-order valence-electron chi connectivity index (χ2n) is 3.64. The normalized spacial score (nSPS) is 11.1. The number of amides is 1. The molecule has 0 saturated heterocycles. The van der Waals surface area contributed by atoms with E-state index in [1.54, 1.807) is 13.2 Å². The van der Waals surface area contributed by atoms with E-state index in [2.05, 4.69) is 41.8 Å². The quantitative estimate of drug-likeness (QED) is 0.654. The van der Waals surface area contributed by atoms with Gasteiger partial charge in [0.1, 0.15) is 11.4 Å². The van der Waals surface area contributed by atoms with Crippen LogP contribution < -0.4 is 5.43 Å². The molecule has 0 radical (unpaired) electrons. The molecule has 2 heterocycles. The molecule has 0 spiro atoms. The molecule has 0 aliphatic carbocycles. The van der Waals surface area contributed by atoms with Crippen LogP contribution in [0.1, 0.15) is 21.9 Å². The second-order valence-corrected chi connectivity index (χ2v) is 4.49. The van der Waals surface area contributed by atoms with Crippen molar-refractivity contribution in [2.45, 2.75) is 6.92 Å². The summed E-state index contributed by atoms with van der Waals surface area (Å²) in [6, 6.07) is 1.82. The third kappa shape index (κ3) is 2.65. The van der Waals surface area contributed by atoms with Gasteiger partial charge < -0.3 is 0 Å². The van der Waals surface area contributed by atoms with Crippen molar-refractivity contribution in [3.63, 3.8) is 0 Å². The number of rotatable bonds is 3. The summed E-state index contributed by atoms with van der Waals surface area (Å²) in [5, 5.41) is 14.5. The molecule has 0 fully saturated rings. The molecular weight excluding hydrogens is 300 g/mol. The summed E-state index contributed by atoms with van der Waals surface area (Å²) in [4.78, 5) is 11.8. The van der Waals surface area contributed by atoms with E-state index in [0.717, 1.165) is 5.69 Å². The molecule has 0 unspecified atom stereocenters. The lowest BCUT2D eigenvalue weighted by Gasteiger charge is -2.00. The first-order chi connectivity index (χ1) is 8.58. The van der Waals surface area contributed by atoms with Crippen LogP contribution in [0.2, 0.25) is 0 Å². The highest BCUT2D eigenvalue weighted by atomic mass is 79.9. The van der Waals surface area contributed by atoms with Gasteiger partial charge in [0.15, 0.2) is 0 Å². The molecule has 0 aromatic carbocycles. The minimum absolute atomic E-state index is 0.342. The molecule has 2 rings (SSSR count). The molecule has 0 aliphatic rings. The summed E-state index contributed by atoms with van der Waals surface area (Å²) in [5.41, 5.74) is 4.40. The Kier molecular flexibility index (Phi) is 3.56. The first-order valence-electron chi connectivity index (χ1n) is 5.11. The molecule has 2 N–H and O–H groups in total. The number of nitrogens with zero attached hydrogens (tertiary/aromatic N) is 4. The zero-order valence-corrected chi connectivity index (χ0v) is 11.4. The van der Waals surface area contributed by atoms with Crippen molar-refractivity contribution < 1.29 is 4.79 Å². The lowest BCUT2D eigenvalue weighted by atomic mass is 10.4. The summed E-state index contributed by atoms with van der Waals surface area (Å²) >= 11 is 3.24. The maximum Gasteiger partial charge on any atom is 0.290 e. The highest BCUT2D eigenvalue weighted by molar-refractivity contribution is 9.10. The average Bonchev–Trinajstić information content (AvgIpc) is 2.86. The van der Waals surface area contributed by atoms with Crippen molar-refractivity contribution >= 4 is 28.1 Å². The van der Waals surface area contributed by atoms with Crippen LogP contribution in [0.5, 0.6) is 0 Å². The van der Waals surface area contributed by atoms with Crippen molar-refractivity contribution in [1.29, 1.82) is 0 Å². The number of aromatic amines is 1. The number of nitrogens with one attached hydrogen (secondary N) is 2. The van der Waals surface area contributed by atoms with Crippen LogP contribution in [0.25, 0.3) is 0 Å². The molecule has 2 aromatic heterocycles. The van der Waals surface area contributed by atoms with Crippen molar-refractivity contribution in [3.05, 3.63) is 33.8 Å². The van der Waals surface area contributed by atoms with Crippen LogP contribution in [0, 0.1) is 6.92 Å². The number of carbonyl (C=O) groups excluding carboxylic acids is 1. The second kappa shape index (κ2) is 5.13. The van der Waals surface area contributed by atoms with Gasteiger partial charge in [0.05, 0.1) is 16.9 Å². The smallest absolute Gasteiger partial charge is 0.282 e. The summed E-state index contributed by atoms with van der Waals surface area (Å²) in [6.07, 6.45) is 3.02. The van der Waals surface area contributed by atoms with E-state index in [1.165, 1.54) is 10.9 Å². The van der Waals surface area contributed by atoms with Gasteiger partial charge in [-0.25, -0.2) is 5.43 Å². The lowest BCUT2D eigenvalue weighted by molar-refractivity contribution is 0.0945. The Bertz CT molecular complexity index is 580. The number of halogens is 1. The van der Waals surface area contributed by atoms with Gasteiger partial charge in [-0.2, -0.15) is 15.3 Å². The summed E-state index contributed by atoms with van der Waals surface area (Å²) in [5.74, 6) is -0.342. The first kappa shape index (κ1) is 12.5. The van der Waals surface area contributed by atoms with Crippen LogP contribution in [-0.2, 0) is 7.05 Å². The fraction of sp³-hybridized carbons (Fsp3) is 0.200. The summed E-state index contributed by atoms with van der Waals surface area (Å²) < 4.78 is 2.08. The van der Waals surface area contributed by atoms with E-state index >= 15 is 0 Å². The fourth-order valence-corrected chi connectivity index (χ4v) is 1.91. The van der Waals surface area contributed by atoms with Gasteiger partial charge in [-0.1, -0.05) is 0 Å². The van der Waals surface area contributed by atoms with Crippen LogP contribution in [-0.4, -0.2) is 32.1 Å². The Hall–Kier alpha value is -1.96. The maximum atomic E-state index is 11.8. The van der Waals surface area contributed by atoms with Gasteiger partial charge in [0.2, 0.25) is 0 Å². The van der Waals surface area contributed by atoms with Crippen molar-refractivity contribution in [1.82, 2.24) is 25.4 Å². The highest BCUT2D eigenvalue weighted by Crippen LogP contribution is 2.14. The van der Waals surface area contributed by atoms with E-state index in [1.807, 2.05) is 13.0 Å². The average molecular weight is 311 g/mol. The molecule has 0 bridgehead atoms. The first-order valence-corrected chi connectivity index (χ1v) is 5.90. The SMILES string of the molecule is Cc1cc(/C=N\NC(=O)c2c(Br)cnn2C)n[nH]1. The molecule has 7 nitrogen and oxygen atoms in total. The van der Waals surface area contributed by atoms with E-state index < -0.39 is 0 Å². The molecule has 94 valence electrons. The number of aromatic nitrogens is 4. The van der Waals surface area contributed by atoms with Crippen LogP contribution in [0.4, 0.5) is 0 Å². The topological polar surface area (TPSA) is 88.0 Å². The Labute approximate surface area is 111 Å². The van der Waals surface area contributed by atoms with Crippen molar-refractivity contribution in [2.24, 2.45) is 12.1 Å². The Morgan fingerprint density at radius 3 is 3.00 bits per heavy atom. The molecule has 18 heavy (non-hydrogen) atoms. The minimum atomic E-state index is -0.342. The molecule has 0 aliphatic heterocycles. The predicted molar refractivity (Wildman–Crippen MR) is 69.3 cm³/mol. The number of aryl methyl sites for hydroxylation is 2. The molecule has 1 amide bonds. The van der Waals surface area contributed by atoms with Crippen molar-refractivity contribution in [2.75, 3.05) is 0 Å². The fourth-order valence-electron chi connectivity index (χ4n) is 1.38. The molecule has 8 heteroatoms. The van der Waals surface area contributed by atoms with Gasteiger partial charge in [-0.05, 0) is 28.9 Å². The zero-order chi connectivity index (χ0) is 13.1. The third-order valence-electron chi connectivity index (χ3n) is 2.20. The van der Waals surface area contributed by atoms with Gasteiger partial charge in [-0.15, -0.1) is 0 Å². The largest absolute Gasteiger partial charge is 0.290 e. The van der Waals surface area contributed by atoms with Gasteiger partial charge in [0.25, 0.3) is 5.91 Å². The predicted octanol–water partition coefficient (Wildman–Crippen LogP) is 0.978. The van der Waals surface area contributed by atoms with Gasteiger partial charge in [0, 0.05) is 12.7 Å². The van der Waals surface area contributed by atoms with Crippen LogP contribution in [0.15, 0.2) is 21.8 Å². The standard InChI is InChI=1S/C10H11BrN6O/c1-6-3-7(15-14-6)4-12-16-10(18)9-8(11)5-13-17(9)2/h3-5H,1-2H3,(H,14,15)(H,16,18)/b12-4-. The maximum absolute atomic E-state index is 11.8. The molecular formula is C10H11BrN6O.